The second-order valence-corrected chi connectivity index (χ2v) is 7.78. The second-order valence-electron chi connectivity index (χ2n) is 7.78. The van der Waals surface area contributed by atoms with Crippen molar-refractivity contribution in [1.82, 2.24) is 5.43 Å². The smallest absolute Gasteiger partial charge is 0.341 e. The number of carboxylic acids is 1. The third-order valence-electron chi connectivity index (χ3n) is 4.41. The van der Waals surface area contributed by atoms with Gasteiger partial charge in [-0.1, -0.05) is 39.0 Å². The number of amides is 1. The number of carbonyl (C=O) groups excluding carboxylic acids is 1. The molecule has 158 valence electrons. The molecule has 2 aromatic rings. The number of carbonyl (C=O) groups is 2. The summed E-state index contributed by atoms with van der Waals surface area (Å²) in [6.45, 7) is 5.88. The topological polar surface area (TPSA) is 106 Å². The van der Waals surface area contributed by atoms with Crippen LogP contribution in [0.4, 0.5) is 0 Å². The van der Waals surface area contributed by atoms with Crippen molar-refractivity contribution in [2.24, 2.45) is 5.10 Å². The third kappa shape index (κ3) is 5.28. The lowest BCUT2D eigenvalue weighted by Crippen LogP contribution is -2.42. The van der Waals surface area contributed by atoms with Crippen LogP contribution in [0, 0.1) is 0 Å². The molecule has 1 heterocycles. The first-order valence-corrected chi connectivity index (χ1v) is 9.44. The van der Waals surface area contributed by atoms with Crippen LogP contribution in [0.5, 0.6) is 17.2 Å². The van der Waals surface area contributed by atoms with E-state index in [2.05, 4.69) is 31.3 Å². The van der Waals surface area contributed by atoms with E-state index >= 15 is 0 Å². The fraction of sp³-hybridized carbons (Fsp3) is 0.318. The zero-order valence-electron chi connectivity index (χ0n) is 17.0. The molecule has 0 unspecified atom stereocenters. The maximum atomic E-state index is 12.4. The molecule has 0 aliphatic carbocycles. The van der Waals surface area contributed by atoms with Gasteiger partial charge in [-0.3, -0.25) is 4.79 Å². The molecule has 0 radical (unpaired) electrons. The van der Waals surface area contributed by atoms with E-state index in [1.54, 1.807) is 24.3 Å². The number of rotatable bonds is 6. The van der Waals surface area contributed by atoms with Gasteiger partial charge in [0.1, 0.15) is 12.4 Å². The zero-order chi connectivity index (χ0) is 21.7. The number of hydrogen-bond acceptors (Lipinski definition) is 6. The minimum atomic E-state index is -1.08. The highest BCUT2D eigenvalue weighted by Crippen LogP contribution is 2.36. The van der Waals surface area contributed by atoms with Gasteiger partial charge in [0, 0.05) is 5.56 Å². The number of carboxylic acid groups (broad SMARTS) is 1. The summed E-state index contributed by atoms with van der Waals surface area (Å²) in [4.78, 5) is 23.1. The number of benzene rings is 2. The minimum Gasteiger partial charge on any atom is -0.485 e. The van der Waals surface area contributed by atoms with Crippen molar-refractivity contribution in [3.8, 4) is 17.2 Å². The van der Waals surface area contributed by atoms with Crippen molar-refractivity contribution in [2.75, 3.05) is 13.2 Å². The Morgan fingerprint density at radius 1 is 1.23 bits per heavy atom. The molecule has 0 saturated carbocycles. The van der Waals surface area contributed by atoms with Crippen LogP contribution < -0.4 is 19.6 Å². The van der Waals surface area contributed by atoms with Gasteiger partial charge in [-0.15, -0.1) is 0 Å². The van der Waals surface area contributed by atoms with E-state index in [1.807, 2.05) is 18.2 Å². The van der Waals surface area contributed by atoms with Crippen molar-refractivity contribution >= 4 is 18.1 Å². The van der Waals surface area contributed by atoms with E-state index in [9.17, 15) is 9.59 Å². The number of nitrogens with zero attached hydrogens (tertiary/aromatic N) is 1. The number of ether oxygens (including phenoxy) is 3. The Balaban J connectivity index is 1.63. The lowest BCUT2D eigenvalue weighted by molar-refractivity contribution is -0.139. The van der Waals surface area contributed by atoms with Crippen LogP contribution in [0.15, 0.2) is 47.6 Å². The fourth-order valence-electron chi connectivity index (χ4n) is 2.76. The Kier molecular flexibility index (Phi) is 6.25. The summed E-state index contributed by atoms with van der Waals surface area (Å²) in [6.07, 6.45) is 0.535. The largest absolute Gasteiger partial charge is 0.485 e. The van der Waals surface area contributed by atoms with E-state index in [0.717, 1.165) is 5.56 Å². The van der Waals surface area contributed by atoms with Gasteiger partial charge in [0.15, 0.2) is 18.1 Å². The molecule has 0 fully saturated rings. The third-order valence-corrected chi connectivity index (χ3v) is 4.41. The maximum Gasteiger partial charge on any atom is 0.341 e. The Bertz CT molecular complexity index is 964. The van der Waals surface area contributed by atoms with Gasteiger partial charge in [-0.25, -0.2) is 10.2 Å². The monoisotopic (exact) mass is 412 g/mol. The standard InChI is InChI=1S/C22H24N2O6/c1-22(2,3)15-8-9-17-18(10-15)30-19(12-28-17)21(27)24-23-11-14-6-4-5-7-16(14)29-13-20(25)26/h4-11,19H,12-13H2,1-3H3,(H,24,27)(H,25,26)/b23-11+/t19-/m0/s1. The molecule has 1 aliphatic heterocycles. The number of aliphatic carboxylic acids is 1. The molecule has 2 aromatic carbocycles. The normalized spacial score (nSPS) is 15.6. The molecule has 3 rings (SSSR count). The van der Waals surface area contributed by atoms with E-state index in [1.165, 1.54) is 6.21 Å². The summed E-state index contributed by atoms with van der Waals surface area (Å²) >= 11 is 0. The summed E-state index contributed by atoms with van der Waals surface area (Å²) in [5.74, 6) is -0.0783. The highest BCUT2D eigenvalue weighted by atomic mass is 16.6. The predicted molar refractivity (Wildman–Crippen MR) is 110 cm³/mol. The highest BCUT2D eigenvalue weighted by Gasteiger charge is 2.28. The van der Waals surface area contributed by atoms with E-state index in [-0.39, 0.29) is 12.0 Å². The van der Waals surface area contributed by atoms with E-state index in [0.29, 0.717) is 22.8 Å². The van der Waals surface area contributed by atoms with Gasteiger partial charge in [0.2, 0.25) is 6.10 Å². The minimum absolute atomic E-state index is 0.0615. The molecule has 1 atom stereocenters. The van der Waals surface area contributed by atoms with Gasteiger partial charge >= 0.3 is 5.97 Å². The number of fused-ring (bicyclic) bond motifs is 1. The summed E-state index contributed by atoms with van der Waals surface area (Å²) in [6, 6.07) is 12.5. The van der Waals surface area contributed by atoms with Crippen LogP contribution in [0.1, 0.15) is 31.9 Å². The Morgan fingerprint density at radius 3 is 2.73 bits per heavy atom. The number of hydrogen-bond donors (Lipinski definition) is 2. The van der Waals surface area contributed by atoms with Crippen LogP contribution in [-0.2, 0) is 15.0 Å². The second kappa shape index (κ2) is 8.86. The molecule has 8 heteroatoms. The average Bonchev–Trinajstić information content (AvgIpc) is 2.71. The molecule has 0 bridgehead atoms. The molecule has 0 saturated heterocycles. The SMILES string of the molecule is CC(C)(C)c1ccc2c(c1)O[C@H](C(=O)N/N=C/c1ccccc1OCC(=O)O)CO2. The van der Waals surface area contributed by atoms with Crippen LogP contribution in [0.25, 0.3) is 0 Å². The van der Waals surface area contributed by atoms with Gasteiger partial charge in [-0.05, 0) is 35.2 Å². The van der Waals surface area contributed by atoms with Crippen LogP contribution in [0.2, 0.25) is 0 Å². The maximum absolute atomic E-state index is 12.4. The van der Waals surface area contributed by atoms with Crippen molar-refractivity contribution in [3.05, 3.63) is 53.6 Å². The Labute approximate surface area is 174 Å². The lowest BCUT2D eigenvalue weighted by Gasteiger charge is -2.27. The van der Waals surface area contributed by atoms with Gasteiger partial charge < -0.3 is 19.3 Å². The summed E-state index contributed by atoms with van der Waals surface area (Å²) in [7, 11) is 0. The van der Waals surface area contributed by atoms with Crippen LogP contribution in [-0.4, -0.2) is 42.5 Å². The van der Waals surface area contributed by atoms with Crippen molar-refractivity contribution in [2.45, 2.75) is 32.3 Å². The van der Waals surface area contributed by atoms with Crippen molar-refractivity contribution in [1.29, 1.82) is 0 Å². The van der Waals surface area contributed by atoms with Gasteiger partial charge in [0.25, 0.3) is 5.91 Å². The zero-order valence-corrected chi connectivity index (χ0v) is 17.0. The molecule has 2 N–H and O–H groups in total. The number of nitrogens with one attached hydrogen (secondary N) is 1. The number of hydrazone groups is 1. The molecular weight excluding hydrogens is 388 g/mol. The molecule has 1 amide bonds. The fourth-order valence-corrected chi connectivity index (χ4v) is 2.76. The van der Waals surface area contributed by atoms with Crippen molar-refractivity contribution in [3.63, 3.8) is 0 Å². The Hall–Kier alpha value is -3.55. The molecule has 8 nitrogen and oxygen atoms in total. The summed E-state index contributed by atoms with van der Waals surface area (Å²) in [5.41, 5.74) is 3.96. The highest BCUT2D eigenvalue weighted by molar-refractivity contribution is 5.86. The first-order valence-electron chi connectivity index (χ1n) is 9.44. The first kappa shape index (κ1) is 21.2. The molecule has 1 aliphatic rings. The van der Waals surface area contributed by atoms with E-state index < -0.39 is 24.6 Å². The number of para-hydroxylation sites is 1. The summed E-state index contributed by atoms with van der Waals surface area (Å²) < 4.78 is 16.7. The van der Waals surface area contributed by atoms with Crippen LogP contribution >= 0.6 is 0 Å². The molecule has 0 aromatic heterocycles. The lowest BCUT2D eigenvalue weighted by atomic mass is 9.87. The van der Waals surface area contributed by atoms with Gasteiger partial charge in [0.05, 0.1) is 6.21 Å². The van der Waals surface area contributed by atoms with Crippen LogP contribution in [0.3, 0.4) is 0 Å². The molecule has 0 spiro atoms. The first-order chi connectivity index (χ1) is 14.2. The van der Waals surface area contributed by atoms with Gasteiger partial charge in [-0.2, -0.15) is 5.10 Å². The van der Waals surface area contributed by atoms with E-state index in [4.69, 9.17) is 19.3 Å². The molecular formula is C22H24N2O6. The van der Waals surface area contributed by atoms with Crippen molar-refractivity contribution < 1.29 is 28.9 Å². The predicted octanol–water partition coefficient (Wildman–Crippen LogP) is 2.74. The quantitative estimate of drug-likeness (QED) is 0.558. The molecule has 30 heavy (non-hydrogen) atoms. The Morgan fingerprint density at radius 2 is 2.00 bits per heavy atom. The average molecular weight is 412 g/mol. The summed E-state index contributed by atoms with van der Waals surface area (Å²) in [5, 5.41) is 12.7.